The fourth-order valence-electron chi connectivity index (χ4n) is 3.13. The Morgan fingerprint density at radius 2 is 1.93 bits per heavy atom. The number of rotatable bonds is 6. The number of fused-ring (bicyclic) bond motifs is 1. The molecule has 1 aliphatic rings. The summed E-state index contributed by atoms with van der Waals surface area (Å²) in [6.07, 6.45) is 7.99. The van der Waals surface area contributed by atoms with Gasteiger partial charge < -0.3 is 10.4 Å². The van der Waals surface area contributed by atoms with Gasteiger partial charge in [0.25, 0.3) is 0 Å². The first-order valence-electron chi connectivity index (χ1n) is 9.63. The van der Waals surface area contributed by atoms with Crippen LogP contribution in [0, 0.1) is 12.8 Å². The average Bonchev–Trinajstić information content (AvgIpc) is 3.53. The van der Waals surface area contributed by atoms with Crippen molar-refractivity contribution in [3.8, 4) is 11.3 Å². The Hall–Kier alpha value is -2.93. The molecule has 4 rings (SSSR count). The zero-order chi connectivity index (χ0) is 19.7. The van der Waals surface area contributed by atoms with Crippen LogP contribution in [0.2, 0.25) is 0 Å². The molecule has 1 saturated carbocycles. The molecule has 7 nitrogen and oxygen atoms in total. The predicted molar refractivity (Wildman–Crippen MR) is 107 cm³/mol. The Kier molecular flexibility index (Phi) is 5.00. The Balaban J connectivity index is 1.59. The molecule has 0 spiro atoms. The minimum Gasteiger partial charge on any atom is -0.385 e. The van der Waals surface area contributed by atoms with Crippen molar-refractivity contribution in [2.75, 3.05) is 5.32 Å². The lowest BCUT2D eigenvalue weighted by molar-refractivity contribution is -0.117. The third-order valence-electron chi connectivity index (χ3n) is 4.94. The molecule has 0 saturated heterocycles. The van der Waals surface area contributed by atoms with E-state index in [4.69, 9.17) is 0 Å². The summed E-state index contributed by atoms with van der Waals surface area (Å²) >= 11 is 0. The quantitative estimate of drug-likeness (QED) is 0.681. The van der Waals surface area contributed by atoms with Gasteiger partial charge in [-0.05, 0) is 38.3 Å². The van der Waals surface area contributed by atoms with Gasteiger partial charge in [0.2, 0.25) is 5.91 Å². The van der Waals surface area contributed by atoms with E-state index in [1.54, 1.807) is 18.6 Å². The van der Waals surface area contributed by atoms with Crippen molar-refractivity contribution in [1.29, 1.82) is 0 Å². The van der Waals surface area contributed by atoms with E-state index in [2.05, 4.69) is 25.3 Å². The highest BCUT2D eigenvalue weighted by molar-refractivity contribution is 5.95. The number of aliphatic hydroxyl groups is 1. The lowest BCUT2D eigenvalue weighted by Gasteiger charge is -2.11. The normalized spacial score (nSPS) is 14.8. The summed E-state index contributed by atoms with van der Waals surface area (Å²) < 4.78 is 0. The minimum atomic E-state index is -0.643. The van der Waals surface area contributed by atoms with Crippen LogP contribution in [-0.2, 0) is 4.79 Å². The molecule has 1 amide bonds. The van der Waals surface area contributed by atoms with Gasteiger partial charge in [0, 0.05) is 40.8 Å². The van der Waals surface area contributed by atoms with Gasteiger partial charge in [0.1, 0.15) is 11.9 Å². The van der Waals surface area contributed by atoms with Crippen molar-refractivity contribution in [2.24, 2.45) is 5.92 Å². The van der Waals surface area contributed by atoms with E-state index in [1.807, 2.05) is 26.0 Å². The van der Waals surface area contributed by atoms with Gasteiger partial charge in [-0.25, -0.2) is 15.0 Å². The average molecular weight is 377 g/mol. The fraction of sp³-hybridized carbons (Fsp3) is 0.381. The first-order valence-corrected chi connectivity index (χ1v) is 9.63. The smallest absolute Gasteiger partial charge is 0.228 e. The van der Waals surface area contributed by atoms with Gasteiger partial charge in [0.15, 0.2) is 5.82 Å². The second-order valence-electron chi connectivity index (χ2n) is 7.28. The molecule has 0 bridgehead atoms. The number of carbonyl (C=O) groups is 1. The number of aromatic nitrogens is 4. The maximum absolute atomic E-state index is 11.9. The molecule has 3 aromatic rings. The Morgan fingerprint density at radius 3 is 2.64 bits per heavy atom. The van der Waals surface area contributed by atoms with E-state index in [-0.39, 0.29) is 11.8 Å². The van der Waals surface area contributed by atoms with Crippen LogP contribution in [0.5, 0.6) is 0 Å². The molecule has 0 unspecified atom stereocenters. The van der Waals surface area contributed by atoms with Crippen LogP contribution in [0.3, 0.4) is 0 Å². The largest absolute Gasteiger partial charge is 0.385 e. The first kappa shape index (κ1) is 18.4. The summed E-state index contributed by atoms with van der Waals surface area (Å²) in [4.78, 5) is 29.6. The molecule has 1 fully saturated rings. The highest BCUT2D eigenvalue weighted by atomic mass is 16.3. The van der Waals surface area contributed by atoms with Gasteiger partial charge in [-0.3, -0.25) is 9.78 Å². The van der Waals surface area contributed by atoms with Gasteiger partial charge in [-0.15, -0.1) is 0 Å². The van der Waals surface area contributed by atoms with Crippen LogP contribution < -0.4 is 5.32 Å². The number of carbonyl (C=O) groups excluding carboxylic acids is 1. The van der Waals surface area contributed by atoms with E-state index >= 15 is 0 Å². The van der Waals surface area contributed by atoms with E-state index in [1.165, 1.54) is 0 Å². The standard InChI is InChI=1S/C21H23N5O2/c1-3-4-18(27)20-24-11-16(12(2)25-20)17-7-14-10-23-19(8-15(14)9-22-17)26-21(28)13-5-6-13/h7-11,13,18,27H,3-6H2,1-2H3,(H,23,26,28)/t18-/m0/s1. The minimum absolute atomic E-state index is 0.0366. The van der Waals surface area contributed by atoms with Crippen molar-refractivity contribution in [3.63, 3.8) is 0 Å². The van der Waals surface area contributed by atoms with E-state index in [0.29, 0.717) is 18.1 Å². The molecule has 2 N–H and O–H groups in total. The van der Waals surface area contributed by atoms with Gasteiger partial charge in [0.05, 0.1) is 11.4 Å². The summed E-state index contributed by atoms with van der Waals surface area (Å²) in [7, 11) is 0. The number of aliphatic hydroxyl groups excluding tert-OH is 1. The number of anilines is 1. The van der Waals surface area contributed by atoms with E-state index in [0.717, 1.165) is 47.0 Å². The Bertz CT molecular complexity index is 1030. The maximum Gasteiger partial charge on any atom is 0.228 e. The Morgan fingerprint density at radius 1 is 1.18 bits per heavy atom. The molecule has 1 atom stereocenters. The van der Waals surface area contributed by atoms with Crippen LogP contribution in [-0.4, -0.2) is 30.9 Å². The zero-order valence-electron chi connectivity index (χ0n) is 16.0. The number of aryl methyl sites for hydroxylation is 1. The van der Waals surface area contributed by atoms with Crippen molar-refractivity contribution in [3.05, 3.63) is 42.2 Å². The molecular formula is C21H23N5O2. The molecule has 7 heteroatoms. The molecule has 0 aromatic carbocycles. The number of hydrogen-bond acceptors (Lipinski definition) is 6. The molecular weight excluding hydrogens is 354 g/mol. The van der Waals surface area contributed by atoms with Crippen LogP contribution in [0.4, 0.5) is 5.82 Å². The van der Waals surface area contributed by atoms with E-state index < -0.39 is 6.10 Å². The number of hydrogen-bond donors (Lipinski definition) is 2. The molecule has 0 aliphatic heterocycles. The topological polar surface area (TPSA) is 101 Å². The summed E-state index contributed by atoms with van der Waals surface area (Å²) in [6, 6.07) is 3.77. The molecule has 3 heterocycles. The van der Waals surface area contributed by atoms with Gasteiger partial charge >= 0.3 is 0 Å². The summed E-state index contributed by atoms with van der Waals surface area (Å²) in [5.41, 5.74) is 2.34. The van der Waals surface area contributed by atoms with Crippen LogP contribution >= 0.6 is 0 Å². The number of nitrogens with one attached hydrogen (secondary N) is 1. The second-order valence-corrected chi connectivity index (χ2v) is 7.28. The zero-order valence-corrected chi connectivity index (χ0v) is 16.0. The van der Waals surface area contributed by atoms with Gasteiger partial charge in [-0.1, -0.05) is 13.3 Å². The van der Waals surface area contributed by atoms with Crippen molar-refractivity contribution < 1.29 is 9.90 Å². The monoisotopic (exact) mass is 377 g/mol. The molecule has 3 aromatic heterocycles. The Labute approximate surface area is 163 Å². The third-order valence-corrected chi connectivity index (χ3v) is 4.94. The predicted octanol–water partition coefficient (Wildman–Crippen LogP) is 3.58. The number of pyridine rings is 2. The molecule has 1 aliphatic carbocycles. The summed E-state index contributed by atoms with van der Waals surface area (Å²) in [5, 5.41) is 14.8. The summed E-state index contributed by atoms with van der Waals surface area (Å²) in [6.45, 7) is 3.90. The second kappa shape index (κ2) is 7.59. The lowest BCUT2D eigenvalue weighted by atomic mass is 10.1. The summed E-state index contributed by atoms with van der Waals surface area (Å²) in [5.74, 6) is 1.17. The highest BCUT2D eigenvalue weighted by Crippen LogP contribution is 2.30. The molecule has 0 radical (unpaired) electrons. The van der Waals surface area contributed by atoms with Crippen LogP contribution in [0.15, 0.2) is 30.7 Å². The van der Waals surface area contributed by atoms with Crippen molar-refractivity contribution in [1.82, 2.24) is 19.9 Å². The lowest BCUT2D eigenvalue weighted by Crippen LogP contribution is -2.14. The molecule has 28 heavy (non-hydrogen) atoms. The maximum atomic E-state index is 11.9. The van der Waals surface area contributed by atoms with Gasteiger partial charge in [-0.2, -0.15) is 0 Å². The number of amides is 1. The number of nitrogens with zero attached hydrogens (tertiary/aromatic N) is 4. The van der Waals surface area contributed by atoms with Crippen LogP contribution in [0.25, 0.3) is 22.0 Å². The van der Waals surface area contributed by atoms with Crippen molar-refractivity contribution >= 4 is 22.5 Å². The highest BCUT2D eigenvalue weighted by Gasteiger charge is 2.29. The SMILES string of the molecule is CCC[C@H](O)c1ncc(-c2cc3cnc(NC(=O)C4CC4)cc3cn2)c(C)n1. The third kappa shape index (κ3) is 3.84. The van der Waals surface area contributed by atoms with E-state index in [9.17, 15) is 9.90 Å². The molecule has 144 valence electrons. The first-order chi connectivity index (χ1) is 13.5. The van der Waals surface area contributed by atoms with Crippen LogP contribution in [0.1, 0.15) is 50.2 Å². The van der Waals surface area contributed by atoms with Crippen molar-refractivity contribution in [2.45, 2.75) is 45.6 Å². The fourth-order valence-corrected chi connectivity index (χ4v) is 3.13.